The molecular weight excluding hydrogens is 284 g/mol. The molecule has 2 bridgehead atoms. The first-order valence-electron chi connectivity index (χ1n) is 6.86. The standard InChI is InChI=1S/C16H14N2O4/c1-16-7-6-11(22-16)12(15(20)21)13(16)14(19)18-10-5-3-2-4-9(10)8-17/h2-7,11-13H,1H3,(H,18,19)(H,20,21)/t11-,12-,13+,16+/m1/s1. The van der Waals surface area contributed by atoms with Crippen LogP contribution in [-0.4, -0.2) is 28.7 Å². The molecule has 2 aliphatic rings. The van der Waals surface area contributed by atoms with Crippen molar-refractivity contribution in [2.75, 3.05) is 5.32 Å². The molecule has 22 heavy (non-hydrogen) atoms. The molecule has 2 heterocycles. The van der Waals surface area contributed by atoms with E-state index in [1.807, 2.05) is 6.07 Å². The van der Waals surface area contributed by atoms with Crippen molar-refractivity contribution in [2.24, 2.45) is 11.8 Å². The Kier molecular flexibility index (Phi) is 3.23. The highest BCUT2D eigenvalue weighted by Gasteiger charge is 2.59. The van der Waals surface area contributed by atoms with Crippen molar-refractivity contribution >= 4 is 17.6 Å². The largest absolute Gasteiger partial charge is 0.481 e. The maximum atomic E-state index is 12.6. The van der Waals surface area contributed by atoms with Gasteiger partial charge >= 0.3 is 5.97 Å². The summed E-state index contributed by atoms with van der Waals surface area (Å²) in [5.74, 6) is -3.28. The molecule has 6 nitrogen and oxygen atoms in total. The number of carboxylic acids is 1. The minimum absolute atomic E-state index is 0.326. The monoisotopic (exact) mass is 298 g/mol. The summed E-state index contributed by atoms with van der Waals surface area (Å²) in [6.45, 7) is 1.70. The van der Waals surface area contributed by atoms with Crippen LogP contribution in [0.2, 0.25) is 0 Å². The Hall–Kier alpha value is -2.65. The van der Waals surface area contributed by atoms with Gasteiger partial charge in [-0.15, -0.1) is 0 Å². The Balaban J connectivity index is 1.90. The van der Waals surface area contributed by atoms with Gasteiger partial charge in [0.2, 0.25) is 5.91 Å². The molecule has 1 aromatic carbocycles. The number of amides is 1. The van der Waals surface area contributed by atoms with Crippen LogP contribution in [0, 0.1) is 23.2 Å². The maximum absolute atomic E-state index is 12.6. The molecule has 0 spiro atoms. The second-order valence-electron chi connectivity index (χ2n) is 5.61. The van der Waals surface area contributed by atoms with Crippen molar-refractivity contribution in [2.45, 2.75) is 18.6 Å². The second-order valence-corrected chi connectivity index (χ2v) is 5.61. The van der Waals surface area contributed by atoms with Gasteiger partial charge in [-0.2, -0.15) is 5.26 Å². The third-order valence-electron chi connectivity index (χ3n) is 4.21. The van der Waals surface area contributed by atoms with Crippen LogP contribution >= 0.6 is 0 Å². The van der Waals surface area contributed by atoms with Crippen molar-refractivity contribution in [1.82, 2.24) is 0 Å². The summed E-state index contributed by atoms with van der Waals surface area (Å²) in [5, 5.41) is 21.1. The van der Waals surface area contributed by atoms with E-state index < -0.39 is 35.4 Å². The number of nitrogens with zero attached hydrogens (tertiary/aromatic N) is 1. The van der Waals surface area contributed by atoms with Gasteiger partial charge in [0.25, 0.3) is 0 Å². The third-order valence-corrected chi connectivity index (χ3v) is 4.21. The zero-order chi connectivity index (χ0) is 15.9. The van der Waals surface area contributed by atoms with Crippen LogP contribution in [0.5, 0.6) is 0 Å². The number of carbonyl (C=O) groups is 2. The van der Waals surface area contributed by atoms with Crippen LogP contribution in [0.15, 0.2) is 36.4 Å². The maximum Gasteiger partial charge on any atom is 0.310 e. The number of para-hydroxylation sites is 1. The number of anilines is 1. The third kappa shape index (κ3) is 2.07. The van der Waals surface area contributed by atoms with Gasteiger partial charge in [-0.1, -0.05) is 24.3 Å². The molecule has 1 fully saturated rings. The summed E-state index contributed by atoms with van der Waals surface area (Å²) in [6, 6.07) is 8.58. The highest BCUT2D eigenvalue weighted by molar-refractivity contribution is 5.98. The molecule has 112 valence electrons. The van der Waals surface area contributed by atoms with Crippen LogP contribution < -0.4 is 5.32 Å². The number of carbonyl (C=O) groups excluding carboxylic acids is 1. The number of nitrogens with one attached hydrogen (secondary N) is 1. The van der Waals surface area contributed by atoms with Gasteiger partial charge in [-0.3, -0.25) is 9.59 Å². The SMILES string of the molecule is C[C@@]12C=C[C@@H](O1)[C@@H](C(=O)O)[C@H]2C(=O)Nc1ccccc1C#N. The molecule has 2 N–H and O–H groups in total. The van der Waals surface area contributed by atoms with E-state index in [4.69, 9.17) is 10.00 Å². The molecule has 3 rings (SSSR count). The van der Waals surface area contributed by atoms with E-state index in [0.717, 1.165) is 0 Å². The Morgan fingerprint density at radius 3 is 2.82 bits per heavy atom. The normalized spacial score (nSPS) is 31.7. The van der Waals surface area contributed by atoms with Crippen molar-refractivity contribution in [1.29, 1.82) is 5.26 Å². The number of rotatable bonds is 3. The van der Waals surface area contributed by atoms with Gasteiger partial charge in [0.05, 0.1) is 28.9 Å². The molecule has 0 saturated carbocycles. The average Bonchev–Trinajstić information content (AvgIpc) is 3.00. The van der Waals surface area contributed by atoms with Gasteiger partial charge in [-0.25, -0.2) is 0 Å². The summed E-state index contributed by atoms with van der Waals surface area (Å²) >= 11 is 0. The fourth-order valence-corrected chi connectivity index (χ4v) is 3.18. The predicted molar refractivity (Wildman–Crippen MR) is 76.8 cm³/mol. The lowest BCUT2D eigenvalue weighted by molar-refractivity contribution is -0.146. The van der Waals surface area contributed by atoms with Gasteiger partial charge in [0.1, 0.15) is 12.0 Å². The van der Waals surface area contributed by atoms with Crippen molar-refractivity contribution in [3.05, 3.63) is 42.0 Å². The lowest BCUT2D eigenvalue weighted by atomic mass is 9.75. The number of fused-ring (bicyclic) bond motifs is 2. The lowest BCUT2D eigenvalue weighted by Gasteiger charge is -2.27. The van der Waals surface area contributed by atoms with Crippen LogP contribution in [0.3, 0.4) is 0 Å². The Morgan fingerprint density at radius 1 is 1.41 bits per heavy atom. The minimum atomic E-state index is -1.06. The number of ether oxygens (including phenoxy) is 1. The number of hydrogen-bond acceptors (Lipinski definition) is 4. The topological polar surface area (TPSA) is 99.4 Å². The predicted octanol–water partition coefficient (Wildman–Crippen LogP) is 1.54. The zero-order valence-electron chi connectivity index (χ0n) is 11.8. The number of nitriles is 1. The summed E-state index contributed by atoms with van der Waals surface area (Å²) in [4.78, 5) is 24.1. The molecule has 4 atom stereocenters. The van der Waals surface area contributed by atoms with Crippen LogP contribution in [0.1, 0.15) is 12.5 Å². The van der Waals surface area contributed by atoms with E-state index in [0.29, 0.717) is 11.3 Å². The summed E-state index contributed by atoms with van der Waals surface area (Å²) < 4.78 is 5.64. The van der Waals surface area contributed by atoms with E-state index in [1.54, 1.807) is 43.3 Å². The highest BCUT2D eigenvalue weighted by Crippen LogP contribution is 2.47. The number of benzene rings is 1. The molecule has 0 aromatic heterocycles. The van der Waals surface area contributed by atoms with E-state index in [-0.39, 0.29) is 0 Å². The van der Waals surface area contributed by atoms with E-state index in [9.17, 15) is 14.7 Å². The second kappa shape index (κ2) is 4.97. The molecular formula is C16H14N2O4. The minimum Gasteiger partial charge on any atom is -0.481 e. The molecule has 1 saturated heterocycles. The molecule has 1 amide bonds. The Morgan fingerprint density at radius 2 is 2.14 bits per heavy atom. The highest BCUT2D eigenvalue weighted by atomic mass is 16.5. The quantitative estimate of drug-likeness (QED) is 0.825. The van der Waals surface area contributed by atoms with Crippen molar-refractivity contribution in [3.8, 4) is 6.07 Å². The van der Waals surface area contributed by atoms with Crippen molar-refractivity contribution < 1.29 is 19.4 Å². The van der Waals surface area contributed by atoms with Gasteiger partial charge in [0.15, 0.2) is 0 Å². The van der Waals surface area contributed by atoms with Crippen LogP contribution in [0.4, 0.5) is 5.69 Å². The summed E-state index contributed by atoms with van der Waals surface area (Å²) in [6.07, 6.45) is 2.83. The smallest absolute Gasteiger partial charge is 0.310 e. The first-order valence-corrected chi connectivity index (χ1v) is 6.86. The molecule has 6 heteroatoms. The number of aliphatic carboxylic acids is 1. The van der Waals surface area contributed by atoms with Gasteiger partial charge < -0.3 is 15.2 Å². The molecule has 0 unspecified atom stereocenters. The number of hydrogen-bond donors (Lipinski definition) is 2. The summed E-state index contributed by atoms with van der Waals surface area (Å²) in [5.41, 5.74) is -0.235. The lowest BCUT2D eigenvalue weighted by Crippen LogP contribution is -2.44. The number of carboxylic acid groups (broad SMARTS) is 1. The van der Waals surface area contributed by atoms with Gasteiger partial charge in [0, 0.05) is 0 Å². The average molecular weight is 298 g/mol. The fraction of sp³-hybridized carbons (Fsp3) is 0.312. The van der Waals surface area contributed by atoms with Crippen molar-refractivity contribution in [3.63, 3.8) is 0 Å². The molecule has 1 aromatic rings. The first-order chi connectivity index (χ1) is 10.5. The first kappa shape index (κ1) is 14.3. The van der Waals surface area contributed by atoms with E-state index in [2.05, 4.69) is 5.32 Å². The molecule has 2 aliphatic heterocycles. The van der Waals surface area contributed by atoms with E-state index >= 15 is 0 Å². The Bertz CT molecular complexity index is 721. The summed E-state index contributed by atoms with van der Waals surface area (Å²) in [7, 11) is 0. The zero-order valence-corrected chi connectivity index (χ0v) is 11.8. The molecule has 0 aliphatic carbocycles. The molecule has 0 radical (unpaired) electrons. The van der Waals surface area contributed by atoms with Crippen LogP contribution in [0.25, 0.3) is 0 Å². The van der Waals surface area contributed by atoms with Crippen LogP contribution in [-0.2, 0) is 14.3 Å². The fourth-order valence-electron chi connectivity index (χ4n) is 3.18. The Labute approximate surface area is 127 Å². The van der Waals surface area contributed by atoms with Gasteiger partial charge in [-0.05, 0) is 19.1 Å². The van der Waals surface area contributed by atoms with E-state index in [1.165, 1.54) is 0 Å².